The van der Waals surface area contributed by atoms with Crippen molar-refractivity contribution in [1.82, 2.24) is 5.32 Å². The van der Waals surface area contributed by atoms with Crippen molar-refractivity contribution in [3.63, 3.8) is 0 Å². The van der Waals surface area contributed by atoms with Gasteiger partial charge in [0.1, 0.15) is 5.75 Å². The van der Waals surface area contributed by atoms with Crippen molar-refractivity contribution in [3.05, 3.63) is 42.0 Å². The molecule has 1 fully saturated rings. The molecule has 0 atom stereocenters. The first kappa shape index (κ1) is 15.4. The Morgan fingerprint density at radius 2 is 1.68 bits per heavy atom. The molecule has 2 heteroatoms. The summed E-state index contributed by atoms with van der Waals surface area (Å²) in [6.07, 6.45) is 9.57. The van der Waals surface area contributed by atoms with Crippen molar-refractivity contribution < 1.29 is 4.74 Å². The molecule has 1 saturated carbocycles. The minimum atomic E-state index is 0.656. The molecule has 2 aromatic carbocycles. The van der Waals surface area contributed by atoms with Crippen molar-refractivity contribution in [2.45, 2.75) is 57.5 Å². The van der Waals surface area contributed by atoms with Crippen molar-refractivity contribution in [2.24, 2.45) is 0 Å². The maximum atomic E-state index is 5.60. The van der Waals surface area contributed by atoms with Gasteiger partial charge in [0.25, 0.3) is 0 Å². The maximum Gasteiger partial charge on any atom is 0.123 e. The molecule has 0 aromatic heterocycles. The Balaban J connectivity index is 1.77. The first-order valence-corrected chi connectivity index (χ1v) is 8.66. The molecule has 1 aliphatic rings. The Labute approximate surface area is 133 Å². The van der Waals surface area contributed by atoms with Crippen molar-refractivity contribution in [1.29, 1.82) is 0 Å². The standard InChI is InChI=1S/C20H27NO/c1-22-20-14-13-16-9-7-8-12-18(16)19(20)15-21-17-10-5-3-2-4-6-11-17/h7-9,12-14,17,21H,2-6,10-11,15H2,1H3. The first-order valence-electron chi connectivity index (χ1n) is 8.66. The lowest BCUT2D eigenvalue weighted by molar-refractivity contribution is 0.379. The Kier molecular flexibility index (Phi) is 5.33. The van der Waals surface area contributed by atoms with Gasteiger partial charge in [0, 0.05) is 18.2 Å². The average molecular weight is 297 g/mol. The topological polar surface area (TPSA) is 21.3 Å². The largest absolute Gasteiger partial charge is 0.496 e. The number of rotatable bonds is 4. The molecule has 1 N–H and O–H groups in total. The summed E-state index contributed by atoms with van der Waals surface area (Å²) in [5, 5.41) is 6.39. The maximum absolute atomic E-state index is 5.60. The van der Waals surface area contributed by atoms with Crippen LogP contribution in [0.3, 0.4) is 0 Å². The molecule has 0 heterocycles. The van der Waals surface area contributed by atoms with Crippen LogP contribution in [-0.4, -0.2) is 13.2 Å². The van der Waals surface area contributed by atoms with Gasteiger partial charge in [0.15, 0.2) is 0 Å². The minimum Gasteiger partial charge on any atom is -0.496 e. The molecule has 0 spiro atoms. The van der Waals surface area contributed by atoms with E-state index >= 15 is 0 Å². The van der Waals surface area contributed by atoms with Gasteiger partial charge in [-0.25, -0.2) is 0 Å². The van der Waals surface area contributed by atoms with Crippen LogP contribution in [0.1, 0.15) is 50.5 Å². The van der Waals surface area contributed by atoms with Gasteiger partial charge < -0.3 is 10.1 Å². The smallest absolute Gasteiger partial charge is 0.123 e. The Morgan fingerprint density at radius 3 is 2.45 bits per heavy atom. The van der Waals surface area contributed by atoms with Crippen molar-refractivity contribution in [3.8, 4) is 5.75 Å². The predicted octanol–water partition coefficient (Wildman–Crippen LogP) is 5.05. The fraction of sp³-hybridized carbons (Fsp3) is 0.500. The lowest BCUT2D eigenvalue weighted by Gasteiger charge is -2.22. The van der Waals surface area contributed by atoms with Gasteiger partial charge in [0.2, 0.25) is 0 Å². The van der Waals surface area contributed by atoms with E-state index < -0.39 is 0 Å². The molecule has 0 amide bonds. The van der Waals surface area contributed by atoms with Crippen LogP contribution >= 0.6 is 0 Å². The predicted molar refractivity (Wildman–Crippen MR) is 93.4 cm³/mol. The zero-order valence-electron chi connectivity index (χ0n) is 13.6. The highest BCUT2D eigenvalue weighted by molar-refractivity contribution is 5.87. The summed E-state index contributed by atoms with van der Waals surface area (Å²) >= 11 is 0. The molecule has 0 radical (unpaired) electrons. The Bertz CT molecular complexity index is 600. The fourth-order valence-corrected chi connectivity index (χ4v) is 3.60. The molecule has 22 heavy (non-hydrogen) atoms. The van der Waals surface area contributed by atoms with Gasteiger partial charge in [-0.15, -0.1) is 0 Å². The minimum absolute atomic E-state index is 0.656. The number of benzene rings is 2. The van der Waals surface area contributed by atoms with E-state index in [-0.39, 0.29) is 0 Å². The highest BCUT2D eigenvalue weighted by Crippen LogP contribution is 2.28. The van der Waals surface area contributed by atoms with Gasteiger partial charge in [0.05, 0.1) is 7.11 Å². The molecule has 0 unspecified atom stereocenters. The quantitative estimate of drug-likeness (QED) is 0.852. The highest BCUT2D eigenvalue weighted by atomic mass is 16.5. The highest BCUT2D eigenvalue weighted by Gasteiger charge is 2.13. The van der Waals surface area contributed by atoms with Gasteiger partial charge in [-0.3, -0.25) is 0 Å². The van der Waals surface area contributed by atoms with Gasteiger partial charge in [-0.05, 0) is 29.7 Å². The van der Waals surface area contributed by atoms with E-state index in [1.54, 1.807) is 7.11 Å². The second kappa shape index (κ2) is 7.64. The molecule has 3 rings (SSSR count). The van der Waals surface area contributed by atoms with E-state index in [1.807, 2.05) is 0 Å². The van der Waals surface area contributed by atoms with Crippen LogP contribution in [0.5, 0.6) is 5.75 Å². The summed E-state index contributed by atoms with van der Waals surface area (Å²) in [5.74, 6) is 0.997. The number of ether oxygens (including phenoxy) is 1. The van der Waals surface area contributed by atoms with Crippen LogP contribution in [0.15, 0.2) is 36.4 Å². The van der Waals surface area contributed by atoms with Crippen molar-refractivity contribution >= 4 is 10.8 Å². The molecule has 2 nitrogen and oxygen atoms in total. The van der Waals surface area contributed by atoms with E-state index in [4.69, 9.17) is 4.74 Å². The molecule has 0 bridgehead atoms. The van der Waals surface area contributed by atoms with Crippen LogP contribution in [0, 0.1) is 0 Å². The SMILES string of the molecule is COc1ccc2ccccc2c1CNC1CCCCCCC1. The third-order valence-corrected chi connectivity index (χ3v) is 4.89. The lowest BCUT2D eigenvalue weighted by Crippen LogP contribution is -2.29. The second-order valence-corrected chi connectivity index (χ2v) is 6.39. The lowest BCUT2D eigenvalue weighted by atomic mass is 9.96. The number of hydrogen-bond donors (Lipinski definition) is 1. The third-order valence-electron chi connectivity index (χ3n) is 4.89. The summed E-state index contributed by atoms with van der Waals surface area (Å²) in [4.78, 5) is 0. The summed E-state index contributed by atoms with van der Waals surface area (Å²) in [5.41, 5.74) is 1.29. The van der Waals surface area contributed by atoms with Gasteiger partial charge in [-0.1, -0.05) is 62.4 Å². The molecule has 0 aliphatic heterocycles. The molecule has 0 saturated heterocycles. The molecular formula is C20H27NO. The van der Waals surface area contributed by atoms with Gasteiger partial charge in [-0.2, -0.15) is 0 Å². The third kappa shape index (κ3) is 3.61. The van der Waals surface area contributed by atoms with E-state index in [9.17, 15) is 0 Å². The van der Waals surface area contributed by atoms with Crippen LogP contribution < -0.4 is 10.1 Å². The first-order chi connectivity index (χ1) is 10.9. The Morgan fingerprint density at radius 1 is 0.955 bits per heavy atom. The molecular weight excluding hydrogens is 270 g/mol. The molecule has 118 valence electrons. The zero-order chi connectivity index (χ0) is 15.2. The fourth-order valence-electron chi connectivity index (χ4n) is 3.60. The number of fused-ring (bicyclic) bond motifs is 1. The summed E-state index contributed by atoms with van der Waals surface area (Å²) in [7, 11) is 1.77. The van der Waals surface area contributed by atoms with E-state index in [0.29, 0.717) is 6.04 Å². The summed E-state index contributed by atoms with van der Waals surface area (Å²) < 4.78 is 5.60. The van der Waals surface area contributed by atoms with Crippen LogP contribution in [0.4, 0.5) is 0 Å². The van der Waals surface area contributed by atoms with Crippen molar-refractivity contribution in [2.75, 3.05) is 7.11 Å². The Hall–Kier alpha value is -1.54. The molecule has 1 aliphatic carbocycles. The van der Waals surface area contributed by atoms with E-state index in [2.05, 4.69) is 41.7 Å². The van der Waals surface area contributed by atoms with Crippen LogP contribution in [0.2, 0.25) is 0 Å². The van der Waals surface area contributed by atoms with Gasteiger partial charge >= 0.3 is 0 Å². The molecule has 2 aromatic rings. The monoisotopic (exact) mass is 297 g/mol. The van der Waals surface area contributed by atoms with E-state index in [1.165, 1.54) is 61.3 Å². The van der Waals surface area contributed by atoms with E-state index in [0.717, 1.165) is 12.3 Å². The normalized spacial score (nSPS) is 17.1. The van der Waals surface area contributed by atoms with Crippen LogP contribution in [-0.2, 0) is 6.54 Å². The van der Waals surface area contributed by atoms with Crippen LogP contribution in [0.25, 0.3) is 10.8 Å². The zero-order valence-corrected chi connectivity index (χ0v) is 13.6. The summed E-state index contributed by atoms with van der Waals surface area (Å²) in [6.45, 7) is 0.898. The summed E-state index contributed by atoms with van der Waals surface area (Å²) in [6, 6.07) is 13.5. The number of nitrogens with one attached hydrogen (secondary N) is 1. The average Bonchev–Trinajstić information content (AvgIpc) is 2.53. The number of methoxy groups -OCH3 is 1. The second-order valence-electron chi connectivity index (χ2n) is 6.39. The number of hydrogen-bond acceptors (Lipinski definition) is 2.